The lowest BCUT2D eigenvalue weighted by Crippen LogP contribution is -2.63. The lowest BCUT2D eigenvalue weighted by Gasteiger charge is -2.42. The summed E-state index contributed by atoms with van der Waals surface area (Å²) in [6, 6.07) is 4.45. The predicted molar refractivity (Wildman–Crippen MR) is 194 cm³/mol. The number of hydrogen-bond acceptors (Lipinski definition) is 12. The van der Waals surface area contributed by atoms with E-state index in [1.165, 1.54) is 28.1 Å². The molecule has 2 fully saturated rings. The molecule has 17 heteroatoms. The highest BCUT2D eigenvalue weighted by molar-refractivity contribution is 6.32. The van der Waals surface area contributed by atoms with Crippen LogP contribution in [-0.4, -0.2) is 123 Å². The van der Waals surface area contributed by atoms with Crippen LogP contribution in [0.4, 0.5) is 4.79 Å². The highest BCUT2D eigenvalue weighted by atomic mass is 35.5. The fourth-order valence-corrected chi connectivity index (χ4v) is 6.31. The zero-order valence-corrected chi connectivity index (χ0v) is 32.2. The van der Waals surface area contributed by atoms with E-state index in [-0.39, 0.29) is 25.9 Å². The van der Waals surface area contributed by atoms with E-state index in [9.17, 15) is 29.1 Å². The number of rotatable bonds is 18. The van der Waals surface area contributed by atoms with Crippen molar-refractivity contribution in [2.45, 2.75) is 88.7 Å². The summed E-state index contributed by atoms with van der Waals surface area (Å²) in [4.78, 5) is 63.7. The quantitative estimate of drug-likeness (QED) is 0.0813. The van der Waals surface area contributed by atoms with Crippen LogP contribution in [0, 0.1) is 5.92 Å². The summed E-state index contributed by atoms with van der Waals surface area (Å²) in [5.41, 5.74) is 4.20. The number of nitrogens with zero attached hydrogens (tertiary/aromatic N) is 1. The van der Waals surface area contributed by atoms with Crippen LogP contribution >= 0.6 is 11.6 Å². The number of epoxide rings is 1. The molecule has 1 aromatic carbocycles. The molecule has 2 aliphatic heterocycles. The van der Waals surface area contributed by atoms with Gasteiger partial charge in [-0.2, -0.15) is 0 Å². The van der Waals surface area contributed by atoms with Crippen LogP contribution in [0.3, 0.4) is 0 Å². The highest BCUT2D eigenvalue weighted by Crippen LogP contribution is 2.48. The van der Waals surface area contributed by atoms with Gasteiger partial charge < -0.3 is 50.1 Å². The number of amides is 4. The zero-order chi connectivity index (χ0) is 39.7. The molecule has 2 heterocycles. The van der Waals surface area contributed by atoms with Gasteiger partial charge in [-0.15, -0.1) is 0 Å². The third-order valence-electron chi connectivity index (χ3n) is 9.62. The minimum Gasteiger partial charge on any atom is -0.495 e. The van der Waals surface area contributed by atoms with Gasteiger partial charge in [-0.25, -0.2) is 9.59 Å². The molecular weight excluding hydrogens is 714 g/mol. The van der Waals surface area contributed by atoms with Gasteiger partial charge in [0.05, 0.1) is 37.7 Å². The minimum absolute atomic E-state index is 0.0868. The molecule has 0 bridgehead atoms. The SMILES string of the molecule is CNC(=O)CC(OC(=O)C(C)N(C)C(=O)CNC(=O)CN)C1(C)OC1C(C)C1CC(O)(C(/C=C/C=C(\C)Cc2ccc(Cl)c(OC)c2)OC)NC(=O)O1. The number of allylic oxidation sites excluding steroid dienone is 3. The third kappa shape index (κ3) is 11.1. The van der Waals surface area contributed by atoms with E-state index in [0.29, 0.717) is 17.2 Å². The summed E-state index contributed by atoms with van der Waals surface area (Å²) in [7, 11) is 5.77. The van der Waals surface area contributed by atoms with E-state index in [1.54, 1.807) is 39.2 Å². The van der Waals surface area contributed by atoms with Crippen LogP contribution in [0.1, 0.15) is 46.1 Å². The maximum absolute atomic E-state index is 13.3. The first kappa shape index (κ1) is 43.2. The molecule has 4 amide bonds. The molecule has 53 heavy (non-hydrogen) atoms. The van der Waals surface area contributed by atoms with E-state index in [2.05, 4.69) is 16.0 Å². The van der Waals surface area contributed by atoms with Crippen LogP contribution in [0.5, 0.6) is 5.75 Å². The molecule has 0 radical (unpaired) electrons. The Kier molecular flexibility index (Phi) is 15.2. The Morgan fingerprint density at radius 3 is 2.55 bits per heavy atom. The summed E-state index contributed by atoms with van der Waals surface area (Å²) in [5, 5.41) is 19.6. The van der Waals surface area contributed by atoms with Gasteiger partial charge in [0.25, 0.3) is 0 Å². The first-order valence-electron chi connectivity index (χ1n) is 17.1. The number of cyclic esters (lactones) is 1. The Morgan fingerprint density at radius 1 is 1.23 bits per heavy atom. The normalized spacial score (nSPS) is 24.9. The number of esters is 1. The molecule has 8 unspecified atom stereocenters. The van der Waals surface area contributed by atoms with E-state index in [1.807, 2.05) is 25.1 Å². The third-order valence-corrected chi connectivity index (χ3v) is 9.93. The number of likely N-dealkylation sites (N-methyl/N-ethyl adjacent to an activating group) is 1. The average Bonchev–Trinajstić information content (AvgIpc) is 3.82. The summed E-state index contributed by atoms with van der Waals surface area (Å²) >= 11 is 6.14. The number of carbonyl (C=O) groups excluding carboxylic acids is 5. The highest BCUT2D eigenvalue weighted by Gasteiger charge is 2.64. The molecule has 3 rings (SSSR count). The molecule has 1 aromatic rings. The molecule has 6 N–H and O–H groups in total. The number of nitrogens with two attached hydrogens (primary N) is 1. The number of carbonyl (C=O) groups is 5. The molecule has 8 atom stereocenters. The summed E-state index contributed by atoms with van der Waals surface area (Å²) < 4.78 is 28.4. The Hall–Kier alpha value is -4.22. The smallest absolute Gasteiger partial charge is 0.409 e. The van der Waals surface area contributed by atoms with Crippen LogP contribution in [0.25, 0.3) is 0 Å². The molecule has 0 saturated carbocycles. The second-order valence-corrected chi connectivity index (χ2v) is 13.8. The molecular formula is C36H52ClN5O11. The number of nitrogens with one attached hydrogen (secondary N) is 3. The van der Waals surface area contributed by atoms with Crippen molar-refractivity contribution in [1.29, 1.82) is 0 Å². The van der Waals surface area contributed by atoms with Crippen LogP contribution in [-0.2, 0) is 44.5 Å². The van der Waals surface area contributed by atoms with Crippen LogP contribution in [0.2, 0.25) is 5.02 Å². The molecule has 0 aromatic heterocycles. The Morgan fingerprint density at radius 2 is 1.92 bits per heavy atom. The fourth-order valence-electron chi connectivity index (χ4n) is 6.11. The maximum atomic E-state index is 13.3. The number of ether oxygens (including phenoxy) is 5. The van der Waals surface area contributed by atoms with Crippen molar-refractivity contribution < 1.29 is 52.8 Å². The Bertz CT molecular complexity index is 1570. The van der Waals surface area contributed by atoms with Crippen molar-refractivity contribution in [2.75, 3.05) is 41.4 Å². The number of methoxy groups -OCH3 is 2. The molecule has 2 saturated heterocycles. The second-order valence-electron chi connectivity index (χ2n) is 13.4. The van der Waals surface area contributed by atoms with Gasteiger partial charge in [-0.05, 0) is 44.9 Å². The van der Waals surface area contributed by atoms with Gasteiger partial charge in [0.1, 0.15) is 35.7 Å². The maximum Gasteiger partial charge on any atom is 0.409 e. The van der Waals surface area contributed by atoms with Crippen molar-refractivity contribution in [3.05, 3.63) is 52.6 Å². The average molecular weight is 766 g/mol. The standard InChI is InChI=1S/C36H52ClN5O11/c1-20(14-23-12-13-24(37)25(15-23)49-7)10-9-11-27(50-8)36(48)17-26(51-34(47)41-36)21(2)32-35(4,53-32)28(16-29(43)39-5)52-33(46)22(3)42(6)31(45)19-40-30(44)18-38/h9-13,15,21-22,26-28,32,48H,14,16-19,38H2,1-8H3,(H,39,43)(H,40,44)(H,41,47)/b11-9+,20-10+. The monoisotopic (exact) mass is 765 g/mol. The van der Waals surface area contributed by atoms with Crippen molar-refractivity contribution in [2.24, 2.45) is 11.7 Å². The lowest BCUT2D eigenvalue weighted by atomic mass is 9.83. The lowest BCUT2D eigenvalue weighted by molar-refractivity contribution is -0.162. The van der Waals surface area contributed by atoms with E-state index >= 15 is 0 Å². The van der Waals surface area contributed by atoms with Crippen LogP contribution < -0.4 is 26.4 Å². The first-order valence-corrected chi connectivity index (χ1v) is 17.5. The van der Waals surface area contributed by atoms with Gasteiger partial charge >= 0.3 is 12.1 Å². The van der Waals surface area contributed by atoms with Gasteiger partial charge in [-0.3, -0.25) is 19.7 Å². The van der Waals surface area contributed by atoms with Crippen molar-refractivity contribution in [3.63, 3.8) is 0 Å². The molecule has 2 aliphatic rings. The number of aliphatic hydroxyl groups is 1. The number of alkyl carbamates (subject to hydrolysis) is 1. The summed E-state index contributed by atoms with van der Waals surface area (Å²) in [6.07, 6.45) is 1.02. The Balaban J connectivity index is 1.71. The predicted octanol–water partition coefficient (Wildman–Crippen LogP) is 1.36. The Labute approximate surface area is 314 Å². The van der Waals surface area contributed by atoms with Crippen molar-refractivity contribution >= 4 is 41.4 Å². The minimum atomic E-state index is -1.86. The molecule has 16 nitrogen and oxygen atoms in total. The van der Waals surface area contributed by atoms with E-state index in [4.69, 9.17) is 41.0 Å². The van der Waals surface area contributed by atoms with Crippen molar-refractivity contribution in [3.8, 4) is 5.75 Å². The van der Waals surface area contributed by atoms with E-state index < -0.39 is 77.5 Å². The first-order chi connectivity index (χ1) is 24.9. The van der Waals surface area contributed by atoms with Crippen LogP contribution in [0.15, 0.2) is 42.0 Å². The van der Waals surface area contributed by atoms with Gasteiger partial charge in [-0.1, -0.05) is 48.4 Å². The van der Waals surface area contributed by atoms with Gasteiger partial charge in [0.15, 0.2) is 5.72 Å². The largest absolute Gasteiger partial charge is 0.495 e. The fraction of sp³-hybridized carbons (Fsp3) is 0.583. The second kappa shape index (κ2) is 18.7. The zero-order valence-electron chi connectivity index (χ0n) is 31.4. The van der Waals surface area contributed by atoms with Crippen molar-refractivity contribution in [1.82, 2.24) is 20.9 Å². The topological polar surface area (TPSA) is 220 Å². The summed E-state index contributed by atoms with van der Waals surface area (Å²) in [5.74, 6) is -2.30. The molecule has 0 spiro atoms. The molecule has 0 aliphatic carbocycles. The number of halogens is 1. The number of hydrogen-bond donors (Lipinski definition) is 5. The van der Waals surface area contributed by atoms with Gasteiger partial charge in [0, 0.05) is 33.5 Å². The number of benzene rings is 1. The van der Waals surface area contributed by atoms with Gasteiger partial charge in [0.2, 0.25) is 17.7 Å². The molecule has 294 valence electrons. The summed E-state index contributed by atoms with van der Waals surface area (Å²) in [6.45, 7) is 6.15. The van der Waals surface area contributed by atoms with E-state index in [0.717, 1.165) is 16.0 Å².